The molecule has 7 rings (SSSR count). The van der Waals surface area contributed by atoms with Crippen LogP contribution in [0.5, 0.6) is 0 Å². The van der Waals surface area contributed by atoms with E-state index in [0.29, 0.717) is 0 Å². The number of nitrogens with zero attached hydrogens (tertiary/aromatic N) is 1. The van der Waals surface area contributed by atoms with Crippen molar-refractivity contribution in [2.75, 3.05) is 13.2 Å². The van der Waals surface area contributed by atoms with Crippen LogP contribution in [0.15, 0.2) is 24.3 Å². The average molecular weight is 698 g/mol. The molecular weight excluding hydrogens is 661 g/mol. The molecule has 3 heterocycles. The van der Waals surface area contributed by atoms with Crippen LogP contribution >= 0.6 is 22.6 Å². The molecule has 1 aromatic carbocycles. The summed E-state index contributed by atoms with van der Waals surface area (Å²) in [4.78, 5) is 47.8. The first-order valence-corrected chi connectivity index (χ1v) is 15.9. The van der Waals surface area contributed by atoms with Gasteiger partial charge in [0.15, 0.2) is 11.8 Å². The maximum Gasteiger partial charge on any atom is 0.327 e. The van der Waals surface area contributed by atoms with Crippen molar-refractivity contribution in [3.63, 3.8) is 0 Å². The molecule has 0 aromatic heterocycles. The van der Waals surface area contributed by atoms with Crippen molar-refractivity contribution >= 4 is 40.4 Å². The zero-order valence-electron chi connectivity index (χ0n) is 23.2. The van der Waals surface area contributed by atoms with E-state index < -0.39 is 71.6 Å². The molecular formula is C29H36IN3O9. The SMILES string of the molecule is CC(O)C(NC(=O)C12CC3OC(=O)C1N(Cc1ccccc1I)OC2C1OC(C2CC2)(C2CC2)OC31)C(=O)NCCO. The van der Waals surface area contributed by atoms with Gasteiger partial charge in [-0.3, -0.25) is 19.2 Å². The lowest BCUT2D eigenvalue weighted by atomic mass is 9.62. The van der Waals surface area contributed by atoms with Crippen LogP contribution in [0.3, 0.4) is 0 Å². The molecule has 42 heavy (non-hydrogen) atoms. The number of benzene rings is 1. The molecule has 13 heteroatoms. The van der Waals surface area contributed by atoms with Crippen molar-refractivity contribution < 1.29 is 43.6 Å². The van der Waals surface area contributed by atoms with Gasteiger partial charge in [0.05, 0.1) is 19.3 Å². The van der Waals surface area contributed by atoms with Crippen molar-refractivity contribution in [3.8, 4) is 0 Å². The number of amides is 2. The smallest absolute Gasteiger partial charge is 0.327 e. The molecule has 228 valence electrons. The fraction of sp³-hybridized carbons (Fsp3) is 0.690. The number of aliphatic hydroxyl groups is 2. The minimum absolute atomic E-state index is 0.0331. The highest BCUT2D eigenvalue weighted by Gasteiger charge is 2.78. The molecule has 6 fully saturated rings. The Hall–Kier alpha value is -1.88. The molecule has 6 aliphatic rings. The molecule has 0 radical (unpaired) electrons. The summed E-state index contributed by atoms with van der Waals surface area (Å²) in [5.41, 5.74) is -0.545. The highest BCUT2D eigenvalue weighted by atomic mass is 127. The first-order valence-electron chi connectivity index (χ1n) is 14.8. The van der Waals surface area contributed by atoms with E-state index in [2.05, 4.69) is 33.2 Å². The molecule has 2 amide bonds. The lowest BCUT2D eigenvalue weighted by Gasteiger charge is -2.49. The molecule has 3 aliphatic carbocycles. The number of carbonyl (C=O) groups is 3. The minimum atomic E-state index is -1.46. The number of nitrogens with one attached hydrogen (secondary N) is 2. The fourth-order valence-corrected chi connectivity index (χ4v) is 7.99. The van der Waals surface area contributed by atoms with Crippen molar-refractivity contribution in [3.05, 3.63) is 33.4 Å². The second-order valence-electron chi connectivity index (χ2n) is 12.5. The summed E-state index contributed by atoms with van der Waals surface area (Å²) in [7, 11) is 0. The van der Waals surface area contributed by atoms with E-state index in [-0.39, 0.29) is 38.0 Å². The lowest BCUT2D eigenvalue weighted by Crippen LogP contribution is -2.71. The largest absolute Gasteiger partial charge is 0.458 e. The average Bonchev–Trinajstić information content (AvgIpc) is 3.90. The van der Waals surface area contributed by atoms with Crippen molar-refractivity contribution in [2.24, 2.45) is 17.3 Å². The number of hydroxylamine groups is 2. The molecule has 3 saturated carbocycles. The highest BCUT2D eigenvalue weighted by molar-refractivity contribution is 14.1. The maximum absolute atomic E-state index is 14.5. The standard InChI is InChI=1S/C29H36IN3O9/c1-14(35)20(25(36)31-10-11-34)32-27(38)28-12-19-21-22(41-29(40-21,16-6-7-16)17-8-9-17)24(28)42-33(23(28)26(37)39-19)13-15-4-2-3-5-18(15)30/h2-5,14,16-17,19-24,34-35H,6-13H2,1H3,(H,31,36)(H,32,38). The number of carbonyl (C=O) groups excluding carboxylic acids is 3. The number of ether oxygens (including phenoxy) is 3. The Morgan fingerprint density at radius 2 is 1.83 bits per heavy atom. The van der Waals surface area contributed by atoms with Crippen LogP contribution in [0.4, 0.5) is 0 Å². The second kappa shape index (κ2) is 10.6. The minimum Gasteiger partial charge on any atom is -0.458 e. The predicted molar refractivity (Wildman–Crippen MR) is 152 cm³/mol. The third-order valence-electron chi connectivity index (χ3n) is 9.65. The van der Waals surface area contributed by atoms with Gasteiger partial charge in [0.1, 0.15) is 35.9 Å². The van der Waals surface area contributed by atoms with Crippen molar-refractivity contribution in [2.45, 2.75) is 94.0 Å². The Labute approximate surface area is 256 Å². The van der Waals surface area contributed by atoms with Gasteiger partial charge in [0, 0.05) is 28.4 Å². The van der Waals surface area contributed by atoms with Crippen LogP contribution in [-0.2, 0) is 40.0 Å². The number of fused-ring (bicyclic) bond motifs is 4. The normalized spacial score (nSPS) is 36.1. The van der Waals surface area contributed by atoms with Crippen LogP contribution in [0.1, 0.15) is 44.6 Å². The van der Waals surface area contributed by atoms with E-state index in [1.54, 1.807) is 0 Å². The summed E-state index contributed by atoms with van der Waals surface area (Å²) >= 11 is 2.23. The number of hydrogen-bond donors (Lipinski definition) is 4. The summed E-state index contributed by atoms with van der Waals surface area (Å²) in [6.07, 6.45) is 0.0178. The van der Waals surface area contributed by atoms with E-state index in [9.17, 15) is 19.5 Å². The van der Waals surface area contributed by atoms with Gasteiger partial charge in [0.25, 0.3) is 0 Å². The molecule has 12 nitrogen and oxygen atoms in total. The summed E-state index contributed by atoms with van der Waals surface area (Å²) in [5, 5.41) is 26.4. The topological polar surface area (TPSA) is 156 Å². The summed E-state index contributed by atoms with van der Waals surface area (Å²) in [5.74, 6) is -2.09. The zero-order chi connectivity index (χ0) is 29.4. The number of esters is 1. The quantitative estimate of drug-likeness (QED) is 0.199. The third-order valence-corrected chi connectivity index (χ3v) is 10.7. The van der Waals surface area contributed by atoms with Gasteiger partial charge >= 0.3 is 5.97 Å². The summed E-state index contributed by atoms with van der Waals surface area (Å²) in [6, 6.07) is 5.30. The Morgan fingerprint density at radius 3 is 2.48 bits per heavy atom. The van der Waals surface area contributed by atoms with Crippen LogP contribution < -0.4 is 10.6 Å². The van der Waals surface area contributed by atoms with Gasteiger partial charge in [0.2, 0.25) is 11.8 Å². The second-order valence-corrected chi connectivity index (χ2v) is 13.6. The Kier molecular flexibility index (Phi) is 7.31. The van der Waals surface area contributed by atoms with Gasteiger partial charge in [-0.1, -0.05) is 18.2 Å². The van der Waals surface area contributed by atoms with E-state index >= 15 is 0 Å². The van der Waals surface area contributed by atoms with Crippen LogP contribution in [-0.4, -0.2) is 94.6 Å². The van der Waals surface area contributed by atoms with E-state index in [1.807, 2.05) is 24.3 Å². The van der Waals surface area contributed by atoms with E-state index in [0.717, 1.165) is 34.8 Å². The number of aliphatic hydroxyl groups excluding tert-OH is 2. The monoisotopic (exact) mass is 697 g/mol. The third kappa shape index (κ3) is 4.49. The van der Waals surface area contributed by atoms with Gasteiger partial charge in [-0.25, -0.2) is 0 Å². The summed E-state index contributed by atoms with van der Waals surface area (Å²) in [6.45, 7) is 1.30. The predicted octanol–water partition coefficient (Wildman–Crippen LogP) is 0.366. The van der Waals surface area contributed by atoms with Gasteiger partial charge in [-0.15, -0.1) is 0 Å². The highest BCUT2D eigenvalue weighted by Crippen LogP contribution is 2.63. The van der Waals surface area contributed by atoms with Crippen molar-refractivity contribution in [1.82, 2.24) is 15.7 Å². The van der Waals surface area contributed by atoms with Crippen LogP contribution in [0, 0.1) is 20.8 Å². The first-order chi connectivity index (χ1) is 20.2. The van der Waals surface area contributed by atoms with Gasteiger partial charge < -0.3 is 35.1 Å². The number of halogens is 1. The van der Waals surface area contributed by atoms with E-state index in [1.165, 1.54) is 12.0 Å². The maximum atomic E-state index is 14.5. The Balaban J connectivity index is 1.27. The Bertz CT molecular complexity index is 1260. The molecule has 8 unspecified atom stereocenters. The fourth-order valence-electron chi connectivity index (χ4n) is 7.43. The van der Waals surface area contributed by atoms with Crippen LogP contribution in [0.25, 0.3) is 0 Å². The van der Waals surface area contributed by atoms with Crippen molar-refractivity contribution in [1.29, 1.82) is 0 Å². The number of hydrogen-bond acceptors (Lipinski definition) is 10. The van der Waals surface area contributed by atoms with Gasteiger partial charge in [-0.05, 0) is 66.8 Å². The molecule has 3 saturated heterocycles. The number of rotatable bonds is 10. The molecule has 2 bridgehead atoms. The zero-order valence-corrected chi connectivity index (χ0v) is 25.4. The first kappa shape index (κ1) is 28.9. The molecule has 3 aliphatic heterocycles. The summed E-state index contributed by atoms with van der Waals surface area (Å²) < 4.78 is 20.6. The van der Waals surface area contributed by atoms with E-state index in [4.69, 9.17) is 24.2 Å². The molecule has 8 atom stereocenters. The van der Waals surface area contributed by atoms with Gasteiger partial charge in [-0.2, -0.15) is 5.06 Å². The Morgan fingerprint density at radius 1 is 1.14 bits per heavy atom. The molecule has 0 spiro atoms. The molecule has 4 N–H and O–H groups in total. The lowest BCUT2D eigenvalue weighted by molar-refractivity contribution is -0.235. The molecule has 1 aromatic rings. The van der Waals surface area contributed by atoms with Crippen LogP contribution in [0.2, 0.25) is 0 Å².